The van der Waals surface area contributed by atoms with Gasteiger partial charge in [0.1, 0.15) is 0 Å². The van der Waals surface area contributed by atoms with Crippen LogP contribution in [0.3, 0.4) is 0 Å². The fourth-order valence-electron chi connectivity index (χ4n) is 3.59. The van der Waals surface area contributed by atoms with Crippen LogP contribution in [0, 0.1) is 10.1 Å². The Bertz CT molecular complexity index is 884. The molecule has 0 saturated carbocycles. The summed E-state index contributed by atoms with van der Waals surface area (Å²) in [6.07, 6.45) is 3.73. The number of non-ortho nitro benzene ring substituents is 1. The number of anilines is 2. The van der Waals surface area contributed by atoms with Crippen LogP contribution in [0.25, 0.3) is 0 Å². The molecule has 0 radical (unpaired) electrons. The lowest BCUT2D eigenvalue weighted by molar-refractivity contribution is -0.384. The summed E-state index contributed by atoms with van der Waals surface area (Å²) in [7, 11) is 1.91. The van der Waals surface area contributed by atoms with Gasteiger partial charge < -0.3 is 10.2 Å². The molecule has 0 unspecified atom stereocenters. The van der Waals surface area contributed by atoms with Gasteiger partial charge in [-0.1, -0.05) is 18.2 Å². The summed E-state index contributed by atoms with van der Waals surface area (Å²) >= 11 is 3.28. The second-order valence-electron chi connectivity index (χ2n) is 7.32. The third kappa shape index (κ3) is 5.77. The van der Waals surface area contributed by atoms with Gasteiger partial charge in [0.2, 0.25) is 5.91 Å². The Labute approximate surface area is 179 Å². The number of benzene rings is 2. The van der Waals surface area contributed by atoms with Crippen molar-refractivity contribution in [2.75, 3.05) is 36.9 Å². The highest BCUT2D eigenvalue weighted by molar-refractivity contribution is 9.10. The Morgan fingerprint density at radius 1 is 1.21 bits per heavy atom. The van der Waals surface area contributed by atoms with Gasteiger partial charge >= 0.3 is 0 Å². The number of para-hydroxylation sites is 1. The average Bonchev–Trinajstić information content (AvgIpc) is 2.70. The van der Waals surface area contributed by atoms with Gasteiger partial charge in [-0.05, 0) is 59.9 Å². The normalized spacial score (nSPS) is 14.1. The Morgan fingerprint density at radius 3 is 2.62 bits per heavy atom. The molecule has 0 bridgehead atoms. The largest absolute Gasteiger partial charge is 0.371 e. The molecule has 29 heavy (non-hydrogen) atoms. The predicted octanol–water partition coefficient (Wildman–Crippen LogP) is 4.42. The minimum absolute atomic E-state index is 0.0266. The highest BCUT2D eigenvalue weighted by Crippen LogP contribution is 2.27. The summed E-state index contributed by atoms with van der Waals surface area (Å²) in [5, 5.41) is 13.6. The zero-order valence-electron chi connectivity index (χ0n) is 16.4. The molecule has 0 atom stereocenters. The number of amides is 1. The second kappa shape index (κ2) is 9.84. The van der Waals surface area contributed by atoms with Crippen LogP contribution in [0.15, 0.2) is 46.9 Å². The van der Waals surface area contributed by atoms with Gasteiger partial charge in [-0.3, -0.25) is 19.8 Å². The maximum Gasteiger partial charge on any atom is 0.270 e. The monoisotopic (exact) mass is 460 g/mol. The zero-order valence-corrected chi connectivity index (χ0v) is 18.0. The predicted molar refractivity (Wildman–Crippen MR) is 118 cm³/mol. The fourth-order valence-corrected chi connectivity index (χ4v) is 4.05. The molecule has 2 aromatic carbocycles. The van der Waals surface area contributed by atoms with Crippen LogP contribution >= 0.6 is 15.9 Å². The van der Waals surface area contributed by atoms with Crippen molar-refractivity contribution >= 4 is 38.9 Å². The third-order valence-corrected chi connectivity index (χ3v) is 5.64. The topological polar surface area (TPSA) is 78.7 Å². The van der Waals surface area contributed by atoms with Crippen LogP contribution in [0.5, 0.6) is 0 Å². The Balaban J connectivity index is 1.60. The van der Waals surface area contributed by atoms with Crippen LogP contribution in [0.4, 0.5) is 17.1 Å². The van der Waals surface area contributed by atoms with E-state index in [9.17, 15) is 14.9 Å². The number of hydrogen-bond donors (Lipinski definition) is 1. The van der Waals surface area contributed by atoms with Crippen molar-refractivity contribution in [3.63, 3.8) is 0 Å². The van der Waals surface area contributed by atoms with Crippen molar-refractivity contribution in [3.05, 3.63) is 62.6 Å². The molecule has 1 aliphatic rings. The SMILES string of the molecule is CN(CC(=O)Nc1ccc([N+](=O)[O-])cc1Br)Cc1ccccc1N1CCCCC1. The average molecular weight is 461 g/mol. The van der Waals surface area contributed by atoms with E-state index in [1.807, 2.05) is 18.0 Å². The van der Waals surface area contributed by atoms with Crippen molar-refractivity contribution in [1.29, 1.82) is 0 Å². The first kappa shape index (κ1) is 21.3. The number of rotatable bonds is 7. The number of piperidine rings is 1. The summed E-state index contributed by atoms with van der Waals surface area (Å²) < 4.78 is 0.484. The zero-order chi connectivity index (χ0) is 20.8. The van der Waals surface area contributed by atoms with Crippen molar-refractivity contribution < 1.29 is 9.72 Å². The molecule has 1 fully saturated rings. The van der Waals surface area contributed by atoms with Crippen LogP contribution in [0.1, 0.15) is 24.8 Å². The first-order chi connectivity index (χ1) is 13.9. The van der Waals surface area contributed by atoms with Gasteiger partial charge in [0, 0.05) is 41.9 Å². The van der Waals surface area contributed by atoms with E-state index in [-0.39, 0.29) is 18.1 Å². The van der Waals surface area contributed by atoms with Crippen molar-refractivity contribution in [3.8, 4) is 0 Å². The highest BCUT2D eigenvalue weighted by atomic mass is 79.9. The van der Waals surface area contributed by atoms with E-state index in [0.29, 0.717) is 16.7 Å². The third-order valence-electron chi connectivity index (χ3n) is 4.98. The number of nitro groups is 1. The van der Waals surface area contributed by atoms with E-state index >= 15 is 0 Å². The number of hydrogen-bond acceptors (Lipinski definition) is 5. The number of carbonyl (C=O) groups excluding carboxylic acids is 1. The van der Waals surface area contributed by atoms with Crippen molar-refractivity contribution in [2.24, 2.45) is 0 Å². The first-order valence-corrected chi connectivity index (χ1v) is 10.5. The summed E-state index contributed by atoms with van der Waals surface area (Å²) in [5.41, 5.74) is 2.95. The molecular weight excluding hydrogens is 436 g/mol. The number of nitrogens with one attached hydrogen (secondary N) is 1. The molecule has 0 aliphatic carbocycles. The van der Waals surface area contributed by atoms with Crippen LogP contribution < -0.4 is 10.2 Å². The number of nitrogens with zero attached hydrogens (tertiary/aromatic N) is 3. The van der Waals surface area contributed by atoms with Gasteiger partial charge in [0.05, 0.1) is 17.2 Å². The summed E-state index contributed by atoms with van der Waals surface area (Å²) in [5.74, 6) is -0.169. The van der Waals surface area contributed by atoms with E-state index < -0.39 is 4.92 Å². The minimum Gasteiger partial charge on any atom is -0.371 e. The Morgan fingerprint density at radius 2 is 1.93 bits per heavy atom. The minimum atomic E-state index is -0.468. The van der Waals surface area contributed by atoms with Crippen LogP contribution in [-0.4, -0.2) is 42.4 Å². The van der Waals surface area contributed by atoms with E-state index in [1.54, 1.807) is 0 Å². The molecule has 1 N–H and O–H groups in total. The van der Waals surface area contributed by atoms with Gasteiger partial charge in [0.25, 0.3) is 5.69 Å². The molecule has 1 amide bonds. The quantitative estimate of drug-likeness (QED) is 0.488. The van der Waals surface area contributed by atoms with E-state index in [2.05, 4.69) is 44.3 Å². The maximum absolute atomic E-state index is 12.5. The van der Waals surface area contributed by atoms with Crippen LogP contribution in [-0.2, 0) is 11.3 Å². The molecule has 1 aliphatic heterocycles. The first-order valence-electron chi connectivity index (χ1n) is 9.69. The van der Waals surface area contributed by atoms with Gasteiger partial charge in [-0.15, -0.1) is 0 Å². The number of halogens is 1. The number of nitro benzene ring substituents is 1. The molecule has 3 rings (SSSR count). The molecule has 8 heteroatoms. The second-order valence-corrected chi connectivity index (χ2v) is 8.17. The lowest BCUT2D eigenvalue weighted by Gasteiger charge is -2.31. The van der Waals surface area contributed by atoms with Crippen molar-refractivity contribution in [1.82, 2.24) is 4.90 Å². The lowest BCUT2D eigenvalue weighted by atomic mass is 10.1. The summed E-state index contributed by atoms with van der Waals surface area (Å²) in [6.45, 7) is 3.05. The summed E-state index contributed by atoms with van der Waals surface area (Å²) in [4.78, 5) is 27.2. The molecule has 154 valence electrons. The van der Waals surface area contributed by atoms with Crippen LogP contribution in [0.2, 0.25) is 0 Å². The summed E-state index contributed by atoms with van der Waals surface area (Å²) in [6, 6.07) is 12.7. The molecule has 1 saturated heterocycles. The number of likely N-dealkylation sites (N-methyl/N-ethyl adjacent to an activating group) is 1. The van der Waals surface area contributed by atoms with Crippen molar-refractivity contribution in [2.45, 2.75) is 25.8 Å². The molecule has 0 aromatic heterocycles. The molecule has 0 spiro atoms. The lowest BCUT2D eigenvalue weighted by Crippen LogP contribution is -2.33. The Kier molecular flexibility index (Phi) is 7.22. The molecule has 7 nitrogen and oxygen atoms in total. The van der Waals surface area contributed by atoms with E-state index in [0.717, 1.165) is 13.1 Å². The molecular formula is C21H25BrN4O3. The standard InChI is InChI=1S/C21H25BrN4O3/c1-24(14-16-7-3-4-8-20(16)25-11-5-2-6-12-25)15-21(27)23-19-10-9-17(26(28)29)13-18(19)22/h3-4,7-10,13H,2,5-6,11-12,14-15H2,1H3,(H,23,27). The number of carbonyl (C=O) groups is 1. The van der Waals surface area contributed by atoms with Gasteiger partial charge in [0.15, 0.2) is 0 Å². The fraction of sp³-hybridized carbons (Fsp3) is 0.381. The molecule has 1 heterocycles. The van der Waals surface area contributed by atoms with E-state index in [4.69, 9.17) is 0 Å². The molecule has 2 aromatic rings. The maximum atomic E-state index is 12.5. The van der Waals surface area contributed by atoms with Gasteiger partial charge in [-0.25, -0.2) is 0 Å². The van der Waals surface area contributed by atoms with E-state index in [1.165, 1.54) is 48.7 Å². The van der Waals surface area contributed by atoms with Gasteiger partial charge in [-0.2, -0.15) is 0 Å². The highest BCUT2D eigenvalue weighted by Gasteiger charge is 2.17. The smallest absolute Gasteiger partial charge is 0.270 e. The Hall–Kier alpha value is -2.45.